The standard InChI is InChI=1S/C75H86ClN17O12/c1-43(95)85-58(30-44-14-3-2-4-15-44)67(97)87-59(31-45-24-26-49(76)27-25-45)68(98)88-62(34-48-38-82-56-21-10-7-18-53(48)56)71(101)92-64(41-94)73(103)91-63(35-50-39-79-42-84-50)72(102)90-61(33-47-37-81-55-20-9-6-17-52(47)55)70(100)89-60(32-46-36-80-54-19-8-5-16-51(46)54)69(99)86-57(22-11-12-28-77)75(105)93-29-13-23-65(93)74(104)83-40-66(78)96/h2-10,14-21,24-27,36-39,42,57-65,80-82,94H,11-13,22-23,28-35,40-41,77H2,1H3,(H2,78,96)(H,79,84)(H,83,104)(H,85,95)(H,86,99)(H,87,97)(H,88,98)(H,89,100)(H,90,102)(H,91,103)(H,92,101)/t57-,58+,59+,60-,61+,62+,63-,64-,65-/m0/s1. The van der Waals surface area contributed by atoms with E-state index < -0.39 is 133 Å². The maximum absolute atomic E-state index is 15.5. The second-order valence-electron chi connectivity index (χ2n) is 26.0. The average molecular weight is 1450 g/mol. The molecule has 0 saturated carbocycles. The largest absolute Gasteiger partial charge is 0.394 e. The number of primary amides is 1. The molecule has 1 aliphatic rings. The van der Waals surface area contributed by atoms with E-state index in [0.29, 0.717) is 74.0 Å². The van der Waals surface area contributed by atoms with Gasteiger partial charge in [-0.1, -0.05) is 109 Å². The summed E-state index contributed by atoms with van der Waals surface area (Å²) < 4.78 is 0. The molecule has 0 spiro atoms. The lowest BCUT2D eigenvalue weighted by atomic mass is 10.00. The van der Waals surface area contributed by atoms with Crippen molar-refractivity contribution >= 4 is 109 Å². The molecule has 10 rings (SSSR count). The third-order valence-electron chi connectivity index (χ3n) is 18.4. The molecule has 11 amide bonds. The lowest BCUT2D eigenvalue weighted by Gasteiger charge is -2.30. The molecular formula is C75H86ClN17O12. The molecule has 550 valence electrons. The number of nitrogens with two attached hydrogens (primary N) is 2. The van der Waals surface area contributed by atoms with Crippen molar-refractivity contribution in [2.75, 3.05) is 26.2 Å². The van der Waals surface area contributed by atoms with Gasteiger partial charge >= 0.3 is 0 Å². The Balaban J connectivity index is 0.924. The number of benzene rings is 5. The first kappa shape index (κ1) is 76.0. The Bertz CT molecular complexity index is 4540. The van der Waals surface area contributed by atoms with Gasteiger partial charge in [-0.3, -0.25) is 52.7 Å². The van der Waals surface area contributed by atoms with E-state index in [0.717, 1.165) is 16.5 Å². The number of carbonyl (C=O) groups is 11. The topological polar surface area (TPSA) is 448 Å². The normalized spacial score (nSPS) is 15.0. The first-order valence-electron chi connectivity index (χ1n) is 34.7. The predicted octanol–water partition coefficient (Wildman–Crippen LogP) is 1.88. The second kappa shape index (κ2) is 36.4. The summed E-state index contributed by atoms with van der Waals surface area (Å²) >= 11 is 6.26. The number of aliphatic hydroxyl groups excluding tert-OH is 1. The Hall–Kier alpha value is -11.7. The van der Waals surface area contributed by atoms with Gasteiger partial charge in [-0.2, -0.15) is 0 Å². The Morgan fingerprint density at radius 3 is 1.38 bits per heavy atom. The number of aliphatic hydroxyl groups is 1. The zero-order valence-corrected chi connectivity index (χ0v) is 58.4. The maximum atomic E-state index is 15.5. The zero-order chi connectivity index (χ0) is 74.5. The summed E-state index contributed by atoms with van der Waals surface area (Å²) in [6.07, 6.45) is 8.57. The minimum Gasteiger partial charge on any atom is -0.394 e. The van der Waals surface area contributed by atoms with Gasteiger partial charge in [0.25, 0.3) is 0 Å². The van der Waals surface area contributed by atoms with Gasteiger partial charge in [0.15, 0.2) is 0 Å². The fraction of sp³-hybridized carbons (Fsp3) is 0.333. The van der Waals surface area contributed by atoms with Crippen LogP contribution in [0.4, 0.5) is 0 Å². The Morgan fingerprint density at radius 2 is 0.933 bits per heavy atom. The van der Waals surface area contributed by atoms with Gasteiger partial charge in [-0.15, -0.1) is 0 Å². The molecule has 1 aliphatic heterocycles. The molecule has 5 heterocycles. The number of carbonyl (C=O) groups excluding carboxylic acids is 11. The van der Waals surface area contributed by atoms with Crippen molar-refractivity contribution in [3.05, 3.63) is 197 Å². The number of rotatable bonds is 36. The number of nitrogens with one attached hydrogen (secondary N) is 13. The molecule has 1 saturated heterocycles. The molecule has 30 heteroatoms. The molecule has 1 fully saturated rings. The van der Waals surface area contributed by atoms with Crippen molar-refractivity contribution in [1.82, 2.24) is 77.7 Å². The van der Waals surface area contributed by atoms with E-state index >= 15 is 19.2 Å². The van der Waals surface area contributed by atoms with E-state index in [1.807, 2.05) is 48.5 Å². The van der Waals surface area contributed by atoms with E-state index in [1.54, 1.807) is 97.5 Å². The number of amides is 11. The molecule has 105 heavy (non-hydrogen) atoms. The summed E-state index contributed by atoms with van der Waals surface area (Å²) in [6.45, 7) is 0.217. The Labute approximate surface area is 608 Å². The average Bonchev–Trinajstić information content (AvgIpc) is 1.75. The van der Waals surface area contributed by atoms with Gasteiger partial charge in [-0.05, 0) is 96.8 Å². The van der Waals surface area contributed by atoms with Gasteiger partial charge < -0.3 is 89.3 Å². The van der Waals surface area contributed by atoms with Crippen LogP contribution in [0.15, 0.2) is 159 Å². The molecule has 0 radical (unpaired) electrons. The predicted molar refractivity (Wildman–Crippen MR) is 392 cm³/mol. The van der Waals surface area contributed by atoms with Gasteiger partial charge in [0, 0.05) is 120 Å². The summed E-state index contributed by atoms with van der Waals surface area (Å²) in [7, 11) is 0. The minimum absolute atomic E-state index is 0.0644. The van der Waals surface area contributed by atoms with Crippen molar-refractivity contribution in [2.45, 2.75) is 132 Å². The van der Waals surface area contributed by atoms with E-state index in [9.17, 15) is 38.7 Å². The highest BCUT2D eigenvalue weighted by atomic mass is 35.5. The maximum Gasteiger partial charge on any atom is 0.245 e. The molecule has 18 N–H and O–H groups in total. The van der Waals surface area contributed by atoms with Crippen LogP contribution in [0.1, 0.15) is 72.5 Å². The lowest BCUT2D eigenvalue weighted by Crippen LogP contribution is -2.62. The zero-order valence-electron chi connectivity index (χ0n) is 57.7. The number of para-hydroxylation sites is 3. The third kappa shape index (κ3) is 20.6. The molecule has 29 nitrogen and oxygen atoms in total. The lowest BCUT2D eigenvalue weighted by molar-refractivity contribution is -0.142. The number of H-pyrrole nitrogens is 4. The van der Waals surface area contributed by atoms with E-state index in [1.165, 1.54) is 24.3 Å². The smallest absolute Gasteiger partial charge is 0.245 e. The van der Waals surface area contributed by atoms with Crippen LogP contribution in [-0.2, 0) is 91.3 Å². The van der Waals surface area contributed by atoms with Crippen LogP contribution in [0.5, 0.6) is 0 Å². The SMILES string of the molecule is CC(=O)N[C@H](Cc1ccccc1)C(=O)N[C@H](Cc1ccc(Cl)cc1)C(=O)N[C@H](Cc1c[nH]c2ccccc12)C(=O)N[C@@H](CO)C(=O)N[C@@H](Cc1cnc[nH]1)C(=O)N[C@H](Cc1c[nH]c2ccccc12)C(=O)N[C@@H](Cc1c[nH]c2ccccc12)C(=O)N[C@@H](CCCCN)C(=O)N1CCC[C@H]1C(=O)NCC(N)=O. The molecular weight excluding hydrogens is 1370 g/mol. The number of halogens is 1. The van der Waals surface area contributed by atoms with Gasteiger partial charge in [0.2, 0.25) is 65.0 Å². The Kier molecular flexibility index (Phi) is 26.4. The van der Waals surface area contributed by atoms with Crippen LogP contribution in [-0.4, -0.2) is 181 Å². The van der Waals surface area contributed by atoms with Crippen molar-refractivity contribution in [1.29, 1.82) is 0 Å². The van der Waals surface area contributed by atoms with Gasteiger partial charge in [0.1, 0.15) is 54.4 Å². The number of imidazole rings is 1. The van der Waals surface area contributed by atoms with Crippen LogP contribution in [0.2, 0.25) is 5.02 Å². The van der Waals surface area contributed by atoms with Crippen LogP contribution < -0.4 is 59.3 Å². The van der Waals surface area contributed by atoms with Crippen molar-refractivity contribution < 1.29 is 57.8 Å². The summed E-state index contributed by atoms with van der Waals surface area (Å²) in [5.41, 5.74) is 16.7. The van der Waals surface area contributed by atoms with Crippen molar-refractivity contribution in [3.63, 3.8) is 0 Å². The summed E-state index contributed by atoms with van der Waals surface area (Å²) in [6, 6.07) is 24.6. The molecule has 4 aromatic heterocycles. The van der Waals surface area contributed by atoms with E-state index in [-0.39, 0.29) is 64.5 Å². The van der Waals surface area contributed by atoms with Crippen molar-refractivity contribution in [2.24, 2.45) is 11.5 Å². The second-order valence-corrected chi connectivity index (χ2v) is 26.5. The number of likely N-dealkylation sites (tertiary alicyclic amines) is 1. The number of aromatic nitrogens is 5. The highest BCUT2D eigenvalue weighted by molar-refractivity contribution is 6.30. The molecule has 9 atom stereocenters. The number of nitrogens with zero attached hydrogens (tertiary/aromatic N) is 2. The molecule has 0 unspecified atom stereocenters. The summed E-state index contributed by atoms with van der Waals surface area (Å²) in [5.74, 6) is -8.62. The number of unbranched alkanes of at least 4 members (excludes halogenated alkanes) is 1. The molecule has 9 aromatic rings. The van der Waals surface area contributed by atoms with Crippen molar-refractivity contribution in [3.8, 4) is 0 Å². The monoisotopic (exact) mass is 1450 g/mol. The number of fused-ring (bicyclic) bond motifs is 3. The van der Waals surface area contributed by atoms with Crippen LogP contribution in [0.3, 0.4) is 0 Å². The minimum atomic E-state index is -1.81. The first-order valence-corrected chi connectivity index (χ1v) is 35.1. The third-order valence-corrected chi connectivity index (χ3v) is 18.7. The molecule has 5 aromatic carbocycles. The number of hydrogen-bond acceptors (Lipinski definition) is 14. The Morgan fingerprint density at radius 1 is 0.514 bits per heavy atom. The van der Waals surface area contributed by atoms with Gasteiger partial charge in [0.05, 0.1) is 19.5 Å². The highest BCUT2D eigenvalue weighted by Gasteiger charge is 2.40. The molecule has 0 bridgehead atoms. The fourth-order valence-electron chi connectivity index (χ4n) is 13.0. The summed E-state index contributed by atoms with van der Waals surface area (Å²) in [4.78, 5) is 175. The van der Waals surface area contributed by atoms with E-state index in [2.05, 4.69) is 72.8 Å². The highest BCUT2D eigenvalue weighted by Crippen LogP contribution is 2.25. The first-order chi connectivity index (χ1) is 50.7. The van der Waals surface area contributed by atoms with Crippen LogP contribution >= 0.6 is 11.6 Å². The quantitative estimate of drug-likeness (QED) is 0.0250. The number of aromatic amines is 4. The van der Waals surface area contributed by atoms with Crippen LogP contribution in [0, 0.1) is 0 Å². The number of hydrogen-bond donors (Lipinski definition) is 16. The van der Waals surface area contributed by atoms with Gasteiger partial charge in [-0.25, -0.2) is 4.98 Å². The van der Waals surface area contributed by atoms with Crippen LogP contribution in [0.25, 0.3) is 32.7 Å². The molecule has 0 aliphatic carbocycles. The fourth-order valence-corrected chi connectivity index (χ4v) is 13.2. The summed E-state index contributed by atoms with van der Waals surface area (Å²) in [5, 5.41) is 38.2. The van der Waals surface area contributed by atoms with E-state index in [4.69, 9.17) is 23.1 Å².